The van der Waals surface area contributed by atoms with E-state index in [-0.39, 0.29) is 12.0 Å². The Labute approximate surface area is 205 Å². The number of ether oxygens (including phenoxy) is 1. The summed E-state index contributed by atoms with van der Waals surface area (Å²) in [5, 5.41) is 4.77. The Kier molecular flexibility index (Phi) is 7.72. The highest BCUT2D eigenvalue weighted by atomic mass is 16.5. The van der Waals surface area contributed by atoms with Gasteiger partial charge in [0.1, 0.15) is 11.9 Å². The van der Waals surface area contributed by atoms with Crippen LogP contribution in [-0.4, -0.2) is 59.3 Å². The average molecular weight is 473 g/mol. The Balaban J connectivity index is 1.45. The first-order valence-corrected chi connectivity index (χ1v) is 11.9. The number of fused-ring (bicyclic) bond motifs is 1. The molecule has 3 N–H and O–H groups in total. The van der Waals surface area contributed by atoms with Crippen LogP contribution in [0.4, 0.5) is 5.82 Å². The van der Waals surface area contributed by atoms with Crippen molar-refractivity contribution < 1.29 is 9.53 Å². The molecule has 4 rings (SSSR count). The van der Waals surface area contributed by atoms with Crippen molar-refractivity contribution >= 4 is 34.3 Å². The molecule has 1 aliphatic rings. The minimum absolute atomic E-state index is 0.109. The zero-order valence-corrected chi connectivity index (χ0v) is 20.4. The van der Waals surface area contributed by atoms with Crippen LogP contribution in [0, 0.1) is 0 Å². The predicted molar refractivity (Wildman–Crippen MR) is 141 cm³/mol. The molecule has 1 saturated heterocycles. The summed E-state index contributed by atoms with van der Waals surface area (Å²) < 4.78 is 6.09. The molecule has 3 aromatic rings. The molecule has 0 atom stereocenters. The van der Waals surface area contributed by atoms with E-state index in [1.54, 1.807) is 37.8 Å². The number of nitrogens with one attached hydrogen (secondary N) is 1. The second-order valence-electron chi connectivity index (χ2n) is 8.92. The van der Waals surface area contributed by atoms with Crippen molar-refractivity contribution in [3.63, 3.8) is 0 Å². The van der Waals surface area contributed by atoms with Gasteiger partial charge in [-0.2, -0.15) is 0 Å². The molecule has 182 valence electrons. The molecule has 1 amide bonds. The van der Waals surface area contributed by atoms with Crippen molar-refractivity contribution in [1.29, 1.82) is 0 Å². The summed E-state index contributed by atoms with van der Waals surface area (Å²) in [5.74, 6) is 0.661. The maximum Gasteiger partial charge on any atom is 0.257 e. The summed E-state index contributed by atoms with van der Waals surface area (Å²) in [6.45, 7) is 6.44. The number of amides is 1. The molecule has 2 aromatic heterocycles. The van der Waals surface area contributed by atoms with Gasteiger partial charge in [0.2, 0.25) is 5.88 Å². The van der Waals surface area contributed by atoms with E-state index in [4.69, 9.17) is 10.5 Å². The van der Waals surface area contributed by atoms with E-state index in [1.807, 2.05) is 24.3 Å². The molecule has 1 fully saturated rings. The maximum absolute atomic E-state index is 12.9. The number of hydrogen-bond donors (Lipinski definition) is 2. The van der Waals surface area contributed by atoms with E-state index >= 15 is 0 Å². The first-order valence-electron chi connectivity index (χ1n) is 11.9. The topological polar surface area (TPSA) is 106 Å². The number of nitrogens with zero attached hydrogens (tertiary/aromatic N) is 4. The quantitative estimate of drug-likeness (QED) is 0.501. The highest BCUT2D eigenvalue weighted by molar-refractivity contribution is 6.10. The Bertz CT molecular complexity index is 1250. The zero-order chi connectivity index (χ0) is 24.8. The highest BCUT2D eigenvalue weighted by Crippen LogP contribution is 2.23. The van der Waals surface area contributed by atoms with Crippen LogP contribution >= 0.6 is 0 Å². The SMILES string of the molecule is CN=CC(=CN)c1ccc2cnc(NC(=O)c3ccnc(OC4CCN(C(C)C)CC4)c3)cc2c1. The Hall–Kier alpha value is -3.78. The van der Waals surface area contributed by atoms with Crippen molar-refractivity contribution in [1.82, 2.24) is 14.9 Å². The Morgan fingerprint density at radius 3 is 2.66 bits per heavy atom. The average Bonchev–Trinajstić information content (AvgIpc) is 2.87. The molecule has 0 saturated carbocycles. The van der Waals surface area contributed by atoms with Crippen molar-refractivity contribution in [2.45, 2.75) is 38.8 Å². The number of hydrogen-bond acceptors (Lipinski definition) is 7. The van der Waals surface area contributed by atoms with Crippen LogP contribution in [0.15, 0.2) is 60.0 Å². The molecule has 35 heavy (non-hydrogen) atoms. The van der Waals surface area contributed by atoms with Crippen LogP contribution in [0.3, 0.4) is 0 Å². The third-order valence-corrected chi connectivity index (χ3v) is 6.24. The number of piperidine rings is 1. The molecule has 8 heteroatoms. The Morgan fingerprint density at radius 1 is 1.14 bits per heavy atom. The fraction of sp³-hybridized carbons (Fsp3) is 0.333. The van der Waals surface area contributed by atoms with Crippen LogP contribution in [0.5, 0.6) is 5.88 Å². The Morgan fingerprint density at radius 2 is 1.94 bits per heavy atom. The van der Waals surface area contributed by atoms with E-state index in [0.29, 0.717) is 23.3 Å². The lowest BCUT2D eigenvalue weighted by molar-refractivity contribution is 0.0810. The number of rotatable bonds is 7. The van der Waals surface area contributed by atoms with Crippen LogP contribution in [0.2, 0.25) is 0 Å². The van der Waals surface area contributed by atoms with Crippen LogP contribution < -0.4 is 15.8 Å². The summed E-state index contributed by atoms with van der Waals surface area (Å²) in [7, 11) is 1.70. The lowest BCUT2D eigenvalue weighted by Gasteiger charge is -2.34. The fourth-order valence-corrected chi connectivity index (χ4v) is 4.23. The van der Waals surface area contributed by atoms with E-state index in [2.05, 4.69) is 39.0 Å². The normalized spacial score (nSPS) is 15.7. The lowest BCUT2D eigenvalue weighted by atomic mass is 10.0. The summed E-state index contributed by atoms with van der Waals surface area (Å²) in [4.78, 5) is 28.1. The monoisotopic (exact) mass is 472 g/mol. The van der Waals surface area contributed by atoms with Crippen molar-refractivity contribution in [3.8, 4) is 5.88 Å². The molecule has 0 radical (unpaired) electrons. The van der Waals surface area contributed by atoms with Crippen LogP contribution in [-0.2, 0) is 0 Å². The molecule has 8 nitrogen and oxygen atoms in total. The number of pyridine rings is 2. The number of likely N-dealkylation sites (tertiary alicyclic amines) is 1. The van der Waals surface area contributed by atoms with Gasteiger partial charge in [0, 0.05) is 73.6 Å². The molecule has 3 heterocycles. The number of benzene rings is 1. The van der Waals surface area contributed by atoms with E-state index < -0.39 is 0 Å². The third kappa shape index (κ3) is 6.02. The second-order valence-corrected chi connectivity index (χ2v) is 8.92. The van der Waals surface area contributed by atoms with E-state index in [1.165, 1.54) is 6.20 Å². The van der Waals surface area contributed by atoms with Crippen molar-refractivity contribution in [2.75, 3.05) is 25.5 Å². The van der Waals surface area contributed by atoms with Gasteiger partial charge in [0.05, 0.1) is 0 Å². The fourth-order valence-electron chi connectivity index (χ4n) is 4.23. The number of aromatic nitrogens is 2. The van der Waals surface area contributed by atoms with Crippen LogP contribution in [0.1, 0.15) is 42.6 Å². The summed E-state index contributed by atoms with van der Waals surface area (Å²) in [6, 6.07) is 11.7. The highest BCUT2D eigenvalue weighted by Gasteiger charge is 2.22. The third-order valence-electron chi connectivity index (χ3n) is 6.24. The zero-order valence-electron chi connectivity index (χ0n) is 20.4. The minimum Gasteiger partial charge on any atom is -0.474 e. The van der Waals surface area contributed by atoms with Gasteiger partial charge in [-0.15, -0.1) is 0 Å². The minimum atomic E-state index is -0.268. The first-order chi connectivity index (χ1) is 17.0. The molecule has 1 aromatic carbocycles. The smallest absolute Gasteiger partial charge is 0.257 e. The molecular formula is C27H32N6O2. The summed E-state index contributed by atoms with van der Waals surface area (Å²) in [5.41, 5.74) is 7.96. The summed E-state index contributed by atoms with van der Waals surface area (Å²) in [6.07, 6.45) is 8.58. The largest absolute Gasteiger partial charge is 0.474 e. The number of aliphatic imine (C=N–C) groups is 1. The molecule has 0 unspecified atom stereocenters. The number of anilines is 1. The molecule has 0 bridgehead atoms. The van der Waals surface area contributed by atoms with Gasteiger partial charge >= 0.3 is 0 Å². The van der Waals surface area contributed by atoms with Crippen LogP contribution in [0.25, 0.3) is 16.3 Å². The van der Waals surface area contributed by atoms with Crippen molar-refractivity contribution in [3.05, 3.63) is 66.1 Å². The number of allylic oxidation sites excluding steroid dienone is 1. The predicted octanol–water partition coefficient (Wildman–Crippen LogP) is 4.13. The van der Waals surface area contributed by atoms with E-state index in [9.17, 15) is 4.79 Å². The molecule has 0 aliphatic carbocycles. The van der Waals surface area contributed by atoms with Gasteiger partial charge in [0.15, 0.2) is 0 Å². The van der Waals surface area contributed by atoms with Gasteiger partial charge in [-0.05, 0) is 55.8 Å². The first kappa shape index (κ1) is 24.3. The van der Waals surface area contributed by atoms with Gasteiger partial charge in [0.25, 0.3) is 5.91 Å². The molecule has 0 spiro atoms. The number of carbonyl (C=O) groups is 1. The summed E-state index contributed by atoms with van der Waals surface area (Å²) >= 11 is 0. The number of carbonyl (C=O) groups excluding carboxylic acids is 1. The molecular weight excluding hydrogens is 440 g/mol. The second kappa shape index (κ2) is 11.1. The van der Waals surface area contributed by atoms with Gasteiger partial charge < -0.3 is 20.7 Å². The van der Waals surface area contributed by atoms with Crippen molar-refractivity contribution in [2.24, 2.45) is 10.7 Å². The number of nitrogens with two attached hydrogens (primary N) is 1. The van der Waals surface area contributed by atoms with Gasteiger partial charge in [-0.3, -0.25) is 9.79 Å². The van der Waals surface area contributed by atoms with Gasteiger partial charge in [-0.1, -0.05) is 12.1 Å². The maximum atomic E-state index is 12.9. The van der Waals surface area contributed by atoms with E-state index in [0.717, 1.165) is 47.8 Å². The lowest BCUT2D eigenvalue weighted by Crippen LogP contribution is -2.41. The standard InChI is InChI=1S/C27H32N6O2/c1-18(2)33-10-7-24(8-11-33)35-26-14-20(6-9-30-26)27(34)32-25-13-22-12-19(23(15-28)16-29-3)4-5-21(22)17-31-25/h4-6,9,12-18,24H,7-8,10-11,28H2,1-3H3,(H,31,32,34). The molecule has 1 aliphatic heterocycles. The van der Waals surface area contributed by atoms with Gasteiger partial charge in [-0.25, -0.2) is 9.97 Å².